The highest BCUT2D eigenvalue weighted by atomic mass is 32.2. The Balaban J connectivity index is 2.01. The third kappa shape index (κ3) is 2.32. The van der Waals surface area contributed by atoms with Crippen molar-refractivity contribution in [2.24, 2.45) is 0 Å². The third-order valence-corrected chi connectivity index (χ3v) is 6.26. The predicted octanol–water partition coefficient (Wildman–Crippen LogP) is 1.96. The molecule has 108 valence electrons. The van der Waals surface area contributed by atoms with Crippen molar-refractivity contribution in [3.05, 3.63) is 24.2 Å². The third-order valence-electron chi connectivity index (χ3n) is 4.00. The number of aromatic nitrogens is 3. The quantitative estimate of drug-likeness (QED) is 0.867. The smallest absolute Gasteiger partial charge is 0.160 e. The van der Waals surface area contributed by atoms with Crippen LogP contribution >= 0.6 is 0 Å². The van der Waals surface area contributed by atoms with Gasteiger partial charge in [0.15, 0.2) is 15.5 Å². The number of hydrogen-bond acceptors (Lipinski definition) is 4. The van der Waals surface area contributed by atoms with Crippen LogP contribution in [0.2, 0.25) is 0 Å². The molecule has 2 aromatic heterocycles. The van der Waals surface area contributed by atoms with Crippen molar-refractivity contribution in [3.63, 3.8) is 0 Å². The fraction of sp³-hybridized carbons (Fsp3) is 0.571. The van der Waals surface area contributed by atoms with Gasteiger partial charge in [-0.25, -0.2) is 18.4 Å². The number of sulfone groups is 1. The summed E-state index contributed by atoms with van der Waals surface area (Å²) in [7, 11) is -2.97. The lowest BCUT2D eigenvalue weighted by atomic mass is 10.2. The van der Waals surface area contributed by atoms with Gasteiger partial charge in [-0.05, 0) is 25.0 Å². The van der Waals surface area contributed by atoms with Gasteiger partial charge in [0.2, 0.25) is 0 Å². The second-order valence-electron chi connectivity index (χ2n) is 5.32. The first-order valence-electron chi connectivity index (χ1n) is 7.13. The van der Waals surface area contributed by atoms with E-state index in [4.69, 9.17) is 0 Å². The normalized spacial score (nSPS) is 22.1. The van der Waals surface area contributed by atoms with Crippen molar-refractivity contribution < 1.29 is 8.42 Å². The molecule has 0 spiro atoms. The van der Waals surface area contributed by atoms with Crippen molar-refractivity contribution in [1.29, 1.82) is 0 Å². The van der Waals surface area contributed by atoms with Crippen molar-refractivity contribution in [1.82, 2.24) is 14.5 Å². The van der Waals surface area contributed by atoms with Crippen LogP contribution in [0.3, 0.4) is 0 Å². The molecule has 0 amide bonds. The molecule has 0 N–H and O–H groups in total. The van der Waals surface area contributed by atoms with E-state index in [9.17, 15) is 8.42 Å². The molecule has 0 radical (unpaired) electrons. The molecule has 0 saturated carbocycles. The fourth-order valence-corrected chi connectivity index (χ4v) is 4.74. The Hall–Kier alpha value is -1.43. The Morgan fingerprint density at radius 2 is 2.25 bits per heavy atom. The number of pyridine rings is 1. The topological polar surface area (TPSA) is 64.8 Å². The molecule has 1 saturated heterocycles. The number of hydrogen-bond donors (Lipinski definition) is 0. The van der Waals surface area contributed by atoms with Gasteiger partial charge in [0.05, 0.1) is 11.0 Å². The maximum atomic E-state index is 12.2. The largest absolute Gasteiger partial charge is 0.311 e. The predicted molar refractivity (Wildman–Crippen MR) is 78.3 cm³/mol. The molecular formula is C14H19N3O2S. The van der Waals surface area contributed by atoms with Gasteiger partial charge in [0.25, 0.3) is 0 Å². The Kier molecular flexibility index (Phi) is 3.50. The monoisotopic (exact) mass is 293 g/mol. The van der Waals surface area contributed by atoms with Gasteiger partial charge in [-0.2, -0.15) is 0 Å². The molecule has 3 rings (SSSR count). The second-order valence-corrected chi connectivity index (χ2v) is 7.72. The van der Waals surface area contributed by atoms with E-state index in [1.54, 1.807) is 6.20 Å². The van der Waals surface area contributed by atoms with Gasteiger partial charge in [-0.3, -0.25) is 0 Å². The van der Waals surface area contributed by atoms with Crippen LogP contribution in [0.15, 0.2) is 18.3 Å². The molecule has 1 unspecified atom stereocenters. The molecule has 6 heteroatoms. The van der Waals surface area contributed by atoms with Gasteiger partial charge >= 0.3 is 0 Å². The maximum Gasteiger partial charge on any atom is 0.160 e. The van der Waals surface area contributed by atoms with Gasteiger partial charge in [-0.1, -0.05) is 13.3 Å². The van der Waals surface area contributed by atoms with Crippen molar-refractivity contribution in [3.8, 4) is 0 Å². The minimum absolute atomic E-state index is 0.291. The molecule has 0 bridgehead atoms. The van der Waals surface area contributed by atoms with Gasteiger partial charge in [-0.15, -0.1) is 0 Å². The summed E-state index contributed by atoms with van der Waals surface area (Å²) in [4.78, 5) is 8.92. The molecular weight excluding hydrogens is 274 g/mol. The van der Waals surface area contributed by atoms with E-state index < -0.39 is 9.84 Å². The summed E-state index contributed by atoms with van der Waals surface area (Å²) in [6, 6.07) is 3.78. The summed E-state index contributed by atoms with van der Waals surface area (Å²) in [6.07, 6.45) is 5.05. The van der Waals surface area contributed by atoms with Crippen LogP contribution in [0.25, 0.3) is 11.2 Å². The van der Waals surface area contributed by atoms with E-state index >= 15 is 0 Å². The molecule has 1 aliphatic heterocycles. The molecule has 0 aliphatic carbocycles. The molecule has 3 heterocycles. The van der Waals surface area contributed by atoms with Crippen molar-refractivity contribution >= 4 is 21.0 Å². The summed E-state index contributed by atoms with van der Waals surface area (Å²) in [5.41, 5.74) is 1.64. The maximum absolute atomic E-state index is 12.2. The van der Waals surface area contributed by atoms with Crippen molar-refractivity contribution in [2.75, 3.05) is 5.75 Å². The molecule has 1 aliphatic rings. The molecule has 5 nitrogen and oxygen atoms in total. The SMILES string of the molecule is CCc1nc2cccnc2n1CC1CCCCS1(=O)=O. The van der Waals surface area contributed by atoms with Crippen LogP contribution in [-0.4, -0.2) is 34.0 Å². The Morgan fingerprint density at radius 1 is 1.40 bits per heavy atom. The van der Waals surface area contributed by atoms with E-state index in [1.165, 1.54) is 0 Å². The minimum atomic E-state index is -2.97. The lowest BCUT2D eigenvalue weighted by Crippen LogP contribution is -2.32. The van der Waals surface area contributed by atoms with Crippen molar-refractivity contribution in [2.45, 2.75) is 44.4 Å². The number of imidazole rings is 1. The highest BCUT2D eigenvalue weighted by Gasteiger charge is 2.30. The highest BCUT2D eigenvalue weighted by molar-refractivity contribution is 7.92. The van der Waals surface area contributed by atoms with Gasteiger partial charge in [0.1, 0.15) is 11.3 Å². The molecule has 0 aromatic carbocycles. The summed E-state index contributed by atoms with van der Waals surface area (Å²) in [5, 5.41) is -0.291. The highest BCUT2D eigenvalue weighted by Crippen LogP contribution is 2.23. The zero-order valence-corrected chi connectivity index (χ0v) is 12.4. The average molecular weight is 293 g/mol. The summed E-state index contributed by atoms with van der Waals surface area (Å²) >= 11 is 0. The van der Waals surface area contributed by atoms with Crippen LogP contribution in [0.5, 0.6) is 0 Å². The van der Waals surface area contributed by atoms with E-state index in [-0.39, 0.29) is 5.25 Å². The van der Waals surface area contributed by atoms with Crippen LogP contribution in [0.4, 0.5) is 0 Å². The number of rotatable bonds is 3. The number of fused-ring (bicyclic) bond motifs is 1. The first-order chi connectivity index (χ1) is 9.62. The first-order valence-corrected chi connectivity index (χ1v) is 8.85. The first kappa shape index (κ1) is 13.5. The van der Waals surface area contributed by atoms with Crippen LogP contribution in [0, 0.1) is 0 Å². The molecule has 20 heavy (non-hydrogen) atoms. The Bertz CT molecular complexity index is 721. The average Bonchev–Trinajstić information content (AvgIpc) is 2.79. The molecule has 2 aromatic rings. The number of aryl methyl sites for hydroxylation is 1. The molecule has 1 atom stereocenters. The van der Waals surface area contributed by atoms with E-state index in [2.05, 4.69) is 9.97 Å². The fourth-order valence-electron chi connectivity index (χ4n) is 2.90. The van der Waals surface area contributed by atoms with E-state index in [0.29, 0.717) is 12.3 Å². The summed E-state index contributed by atoms with van der Waals surface area (Å²) in [6.45, 7) is 2.52. The van der Waals surface area contributed by atoms with E-state index in [0.717, 1.165) is 42.7 Å². The Morgan fingerprint density at radius 3 is 3.00 bits per heavy atom. The van der Waals surface area contributed by atoms with Crippen LogP contribution < -0.4 is 0 Å². The number of nitrogens with zero attached hydrogens (tertiary/aromatic N) is 3. The zero-order chi connectivity index (χ0) is 14.2. The zero-order valence-electron chi connectivity index (χ0n) is 11.6. The lowest BCUT2D eigenvalue weighted by Gasteiger charge is -2.23. The van der Waals surface area contributed by atoms with Gasteiger partial charge in [0, 0.05) is 19.2 Å². The second kappa shape index (κ2) is 5.16. The van der Waals surface area contributed by atoms with E-state index in [1.807, 2.05) is 23.6 Å². The summed E-state index contributed by atoms with van der Waals surface area (Å²) in [5.74, 6) is 1.23. The summed E-state index contributed by atoms with van der Waals surface area (Å²) < 4.78 is 26.4. The van der Waals surface area contributed by atoms with Crippen LogP contribution in [0.1, 0.15) is 32.0 Å². The molecule has 1 fully saturated rings. The lowest BCUT2D eigenvalue weighted by molar-refractivity contribution is 0.506. The van der Waals surface area contributed by atoms with Gasteiger partial charge < -0.3 is 4.57 Å². The standard InChI is InChI=1S/C14H19N3O2S/c1-2-13-16-12-7-5-8-15-14(12)17(13)10-11-6-3-4-9-20(11,18)19/h5,7-8,11H,2-4,6,9-10H2,1H3. The Labute approximate surface area is 119 Å². The van der Waals surface area contributed by atoms with Crippen LogP contribution in [-0.2, 0) is 22.8 Å². The minimum Gasteiger partial charge on any atom is -0.311 e.